The normalized spacial score (nSPS) is 20.5. The van der Waals surface area contributed by atoms with Crippen LogP contribution in [0.2, 0.25) is 0 Å². The summed E-state index contributed by atoms with van der Waals surface area (Å²) >= 11 is 0. The third kappa shape index (κ3) is 7.77. The Morgan fingerprint density at radius 3 is 2.56 bits per heavy atom. The van der Waals surface area contributed by atoms with Crippen molar-refractivity contribution in [3.8, 4) is 5.75 Å². The van der Waals surface area contributed by atoms with Crippen LogP contribution < -0.4 is 16.1 Å². The van der Waals surface area contributed by atoms with Gasteiger partial charge in [0.25, 0.3) is 5.91 Å². The first-order valence-corrected chi connectivity index (χ1v) is 12.7. The molecule has 1 unspecified atom stereocenters. The summed E-state index contributed by atoms with van der Waals surface area (Å²) in [5.41, 5.74) is 3.44. The summed E-state index contributed by atoms with van der Waals surface area (Å²) in [6.07, 6.45) is 2.21. The van der Waals surface area contributed by atoms with Crippen LogP contribution in [0, 0.1) is 5.92 Å². The molecule has 0 aromatic heterocycles. The maximum absolute atomic E-state index is 13.6. The molecule has 13 nitrogen and oxygen atoms in total. The number of carbonyl (C=O) groups is 5. The lowest BCUT2D eigenvalue weighted by Gasteiger charge is -2.35. The average Bonchev–Trinajstić information content (AvgIpc) is 3.22. The molecule has 39 heavy (non-hydrogen) atoms. The number of methoxy groups -OCH3 is 1. The summed E-state index contributed by atoms with van der Waals surface area (Å²) in [4.78, 5) is 64.4. The summed E-state index contributed by atoms with van der Waals surface area (Å²) in [6.45, 7) is 3.26. The average molecular weight is 546 g/mol. The van der Waals surface area contributed by atoms with Crippen molar-refractivity contribution in [2.45, 2.75) is 57.5 Å². The zero-order valence-electron chi connectivity index (χ0n) is 22.1. The van der Waals surface area contributed by atoms with Gasteiger partial charge in [0.05, 0.1) is 7.11 Å². The highest BCUT2D eigenvalue weighted by atomic mass is 16.5. The van der Waals surface area contributed by atoms with Crippen LogP contribution in [-0.4, -0.2) is 94.3 Å². The molecule has 0 aliphatic carbocycles. The van der Waals surface area contributed by atoms with Crippen molar-refractivity contribution in [2.24, 2.45) is 5.92 Å². The van der Waals surface area contributed by atoms with E-state index in [-0.39, 0.29) is 18.1 Å². The van der Waals surface area contributed by atoms with Crippen LogP contribution in [0.4, 0.5) is 0 Å². The minimum atomic E-state index is -1.23. The van der Waals surface area contributed by atoms with Gasteiger partial charge in [-0.15, -0.1) is 0 Å². The Morgan fingerprint density at radius 2 is 1.95 bits per heavy atom. The number of aliphatic hydroxyl groups is 1. The Balaban J connectivity index is 1.76. The van der Waals surface area contributed by atoms with Crippen LogP contribution in [0.15, 0.2) is 36.4 Å². The maximum atomic E-state index is 13.6. The molecule has 13 heteroatoms. The number of aliphatic hydroxyl groups excluding tert-OH is 1. The van der Waals surface area contributed by atoms with Gasteiger partial charge in [0.15, 0.2) is 0 Å². The van der Waals surface area contributed by atoms with Crippen molar-refractivity contribution < 1.29 is 38.9 Å². The van der Waals surface area contributed by atoms with E-state index < -0.39 is 60.5 Å². The first-order valence-electron chi connectivity index (χ1n) is 12.7. The molecule has 212 valence electrons. The lowest BCUT2D eigenvalue weighted by molar-refractivity contribution is -0.151. The van der Waals surface area contributed by atoms with Gasteiger partial charge in [0.2, 0.25) is 17.7 Å². The third-order valence-electron chi connectivity index (χ3n) is 6.50. The Morgan fingerprint density at radius 1 is 1.21 bits per heavy atom. The van der Waals surface area contributed by atoms with Gasteiger partial charge in [-0.25, -0.2) is 5.43 Å². The SMILES string of the molecule is COC(=O)[C@@H]1CCCN(C(=O)[C@H](Cc2cccc(O)c2)NC(=O)[C@@H](NC(=O)CN2C(=O)C=CC2O)C(C)C)N1. The molecule has 1 aromatic rings. The predicted molar refractivity (Wildman–Crippen MR) is 137 cm³/mol. The van der Waals surface area contributed by atoms with E-state index in [1.54, 1.807) is 26.0 Å². The molecule has 2 heterocycles. The van der Waals surface area contributed by atoms with Gasteiger partial charge in [-0.2, -0.15) is 0 Å². The number of hydrazine groups is 1. The smallest absolute Gasteiger partial charge is 0.324 e. The van der Waals surface area contributed by atoms with Crippen LogP contribution in [0.25, 0.3) is 0 Å². The number of hydrogen-bond donors (Lipinski definition) is 5. The maximum Gasteiger partial charge on any atom is 0.324 e. The van der Waals surface area contributed by atoms with Crippen molar-refractivity contribution in [2.75, 3.05) is 20.2 Å². The van der Waals surface area contributed by atoms with Gasteiger partial charge in [-0.1, -0.05) is 26.0 Å². The van der Waals surface area contributed by atoms with E-state index in [0.29, 0.717) is 24.9 Å². The highest BCUT2D eigenvalue weighted by Gasteiger charge is 2.35. The lowest BCUT2D eigenvalue weighted by Crippen LogP contribution is -2.62. The van der Waals surface area contributed by atoms with Gasteiger partial charge < -0.3 is 30.5 Å². The van der Waals surface area contributed by atoms with Crippen molar-refractivity contribution in [1.29, 1.82) is 0 Å². The molecular formula is C26H35N5O8. The zero-order chi connectivity index (χ0) is 28.7. The Labute approximate surface area is 226 Å². The number of amides is 4. The fourth-order valence-electron chi connectivity index (χ4n) is 4.40. The van der Waals surface area contributed by atoms with E-state index in [1.165, 1.54) is 30.3 Å². The van der Waals surface area contributed by atoms with E-state index >= 15 is 0 Å². The van der Waals surface area contributed by atoms with E-state index in [9.17, 15) is 34.2 Å². The quantitative estimate of drug-likeness (QED) is 0.229. The minimum absolute atomic E-state index is 0.00710. The molecule has 1 fully saturated rings. The molecule has 0 radical (unpaired) electrons. The fraction of sp³-hybridized carbons (Fsp3) is 0.500. The number of phenols is 1. The summed E-state index contributed by atoms with van der Waals surface area (Å²) in [6, 6.07) is 3.38. The topological polar surface area (TPSA) is 178 Å². The number of nitrogens with zero attached hydrogens (tertiary/aromatic N) is 2. The zero-order valence-corrected chi connectivity index (χ0v) is 22.1. The van der Waals surface area contributed by atoms with Gasteiger partial charge in [0.1, 0.15) is 36.6 Å². The lowest BCUT2D eigenvalue weighted by atomic mass is 10.00. The largest absolute Gasteiger partial charge is 0.508 e. The fourth-order valence-corrected chi connectivity index (χ4v) is 4.40. The summed E-state index contributed by atoms with van der Waals surface area (Å²) < 4.78 is 4.79. The highest BCUT2D eigenvalue weighted by molar-refractivity contribution is 5.96. The molecule has 5 N–H and O–H groups in total. The number of nitrogens with one attached hydrogen (secondary N) is 3. The van der Waals surface area contributed by atoms with Crippen LogP contribution >= 0.6 is 0 Å². The van der Waals surface area contributed by atoms with E-state index in [0.717, 1.165) is 11.0 Å². The van der Waals surface area contributed by atoms with Gasteiger partial charge >= 0.3 is 5.97 Å². The highest BCUT2D eigenvalue weighted by Crippen LogP contribution is 2.16. The van der Waals surface area contributed by atoms with Crippen LogP contribution in [0.5, 0.6) is 5.75 Å². The van der Waals surface area contributed by atoms with Crippen LogP contribution in [0.3, 0.4) is 0 Å². The second kappa shape index (κ2) is 13.2. The summed E-state index contributed by atoms with van der Waals surface area (Å²) in [5.74, 6) is -3.24. The first-order chi connectivity index (χ1) is 18.5. The molecule has 4 amide bonds. The number of aromatic hydroxyl groups is 1. The number of rotatable bonds is 10. The van der Waals surface area contributed by atoms with Gasteiger partial charge in [0, 0.05) is 19.0 Å². The second-order valence-corrected chi connectivity index (χ2v) is 9.80. The molecular weight excluding hydrogens is 510 g/mol. The second-order valence-electron chi connectivity index (χ2n) is 9.80. The number of carbonyl (C=O) groups excluding carboxylic acids is 5. The molecule has 2 aliphatic heterocycles. The van der Waals surface area contributed by atoms with Crippen molar-refractivity contribution in [3.05, 3.63) is 42.0 Å². The van der Waals surface area contributed by atoms with E-state index in [2.05, 4.69) is 16.1 Å². The summed E-state index contributed by atoms with van der Waals surface area (Å²) in [7, 11) is 1.26. The molecule has 0 spiro atoms. The van der Waals surface area contributed by atoms with Crippen LogP contribution in [-0.2, 0) is 35.1 Å². The number of phenolic OH excluding ortho intramolecular Hbond substituents is 1. The number of benzene rings is 1. The third-order valence-corrected chi connectivity index (χ3v) is 6.50. The molecule has 2 aliphatic rings. The standard InChI is InChI=1S/C26H35N5O8/c1-15(2)23(28-20(33)14-30-21(34)9-10-22(30)35)24(36)27-19(13-16-6-4-7-17(32)12-16)25(37)31-11-5-8-18(29-31)26(38)39-3/h4,6-7,9-10,12,15,18-19,21,23,29,32,34H,5,8,11,13-14H2,1-3H3,(H,27,36)(H,28,33)/t18-,19-,21?,23-/m0/s1. The van der Waals surface area contributed by atoms with Crippen molar-refractivity contribution in [1.82, 2.24) is 26.0 Å². The first kappa shape index (κ1) is 29.6. The molecule has 4 atom stereocenters. The predicted octanol–water partition coefficient (Wildman–Crippen LogP) is -1.05. The molecule has 0 saturated carbocycles. The monoisotopic (exact) mass is 545 g/mol. The summed E-state index contributed by atoms with van der Waals surface area (Å²) in [5, 5.41) is 26.3. The van der Waals surface area contributed by atoms with Gasteiger partial charge in [-0.05, 0) is 42.5 Å². The number of ether oxygens (including phenoxy) is 1. The number of esters is 1. The van der Waals surface area contributed by atoms with E-state index in [4.69, 9.17) is 4.74 Å². The van der Waals surface area contributed by atoms with Crippen molar-refractivity contribution >= 4 is 29.6 Å². The van der Waals surface area contributed by atoms with Crippen LogP contribution in [0.1, 0.15) is 32.3 Å². The van der Waals surface area contributed by atoms with E-state index in [1.807, 2.05) is 0 Å². The molecule has 0 bridgehead atoms. The Bertz CT molecular complexity index is 1120. The number of hydrogen-bond acceptors (Lipinski definition) is 9. The van der Waals surface area contributed by atoms with Gasteiger partial charge in [-0.3, -0.25) is 29.0 Å². The Hall–Kier alpha value is -3.97. The molecule has 1 saturated heterocycles. The molecule has 1 aromatic carbocycles. The minimum Gasteiger partial charge on any atom is -0.508 e. The van der Waals surface area contributed by atoms with Crippen molar-refractivity contribution in [3.63, 3.8) is 0 Å². The Kier molecular flexibility index (Phi) is 10.0. The molecule has 3 rings (SSSR count).